The van der Waals surface area contributed by atoms with Crippen LogP contribution in [0.25, 0.3) is 0 Å². The van der Waals surface area contributed by atoms with Crippen LogP contribution in [0.2, 0.25) is 0 Å². The normalized spacial score (nSPS) is 21.5. The van der Waals surface area contributed by atoms with E-state index in [9.17, 15) is 8.42 Å². The van der Waals surface area contributed by atoms with E-state index in [1.54, 1.807) is 12.4 Å². The van der Waals surface area contributed by atoms with E-state index in [2.05, 4.69) is 9.82 Å². The molecule has 1 aromatic heterocycles. The van der Waals surface area contributed by atoms with Crippen LogP contribution in [0.5, 0.6) is 0 Å². The van der Waals surface area contributed by atoms with Crippen LogP contribution in [0.1, 0.15) is 25.7 Å². The molecule has 1 aliphatic heterocycles. The summed E-state index contributed by atoms with van der Waals surface area (Å²) in [6.07, 6.45) is 6.98. The van der Waals surface area contributed by atoms with Crippen LogP contribution < -0.4 is 4.72 Å². The van der Waals surface area contributed by atoms with E-state index in [1.165, 1.54) is 0 Å². The van der Waals surface area contributed by atoms with Crippen molar-refractivity contribution in [2.45, 2.75) is 37.5 Å². The van der Waals surface area contributed by atoms with E-state index in [4.69, 9.17) is 4.74 Å². The van der Waals surface area contributed by atoms with E-state index in [-0.39, 0.29) is 5.25 Å². The number of sulfonamides is 1. The fourth-order valence-corrected chi connectivity index (χ4v) is 3.69. The molecule has 6 nitrogen and oxygen atoms in total. The molecule has 19 heavy (non-hydrogen) atoms. The number of rotatable bonds is 5. The number of nitrogens with one attached hydrogen (secondary N) is 1. The number of ether oxygens (including phenoxy) is 1. The highest BCUT2D eigenvalue weighted by atomic mass is 32.2. The zero-order valence-corrected chi connectivity index (χ0v) is 11.6. The summed E-state index contributed by atoms with van der Waals surface area (Å²) in [5, 5.41) is 4.02. The summed E-state index contributed by atoms with van der Waals surface area (Å²) < 4.78 is 33.3. The maximum atomic E-state index is 11.8. The average Bonchev–Trinajstić information content (AvgIpc) is 3.16. The molecule has 2 fully saturated rings. The minimum atomic E-state index is -3.18. The number of nitrogens with zero attached hydrogens (tertiary/aromatic N) is 2. The highest BCUT2D eigenvalue weighted by molar-refractivity contribution is 7.93. The van der Waals surface area contributed by atoms with Gasteiger partial charge in [0.15, 0.2) is 0 Å². The minimum absolute atomic E-state index is 0.202. The second-order valence-corrected chi connectivity index (χ2v) is 7.31. The lowest BCUT2D eigenvalue weighted by Crippen LogP contribution is -2.20. The van der Waals surface area contributed by atoms with Crippen LogP contribution in [0.4, 0.5) is 5.69 Å². The molecule has 0 spiro atoms. The van der Waals surface area contributed by atoms with Crippen molar-refractivity contribution >= 4 is 15.7 Å². The number of aromatic nitrogens is 2. The summed E-state index contributed by atoms with van der Waals surface area (Å²) in [7, 11) is -3.18. The number of hydrogen-bond donors (Lipinski definition) is 1. The number of anilines is 1. The van der Waals surface area contributed by atoms with Crippen LogP contribution in [-0.4, -0.2) is 36.7 Å². The summed E-state index contributed by atoms with van der Waals surface area (Å²) in [6, 6.07) is 0. The molecule has 0 bridgehead atoms. The van der Waals surface area contributed by atoms with Crippen LogP contribution in [0, 0.1) is 5.92 Å². The third-order valence-corrected chi connectivity index (χ3v) is 5.51. The molecule has 0 amide bonds. The van der Waals surface area contributed by atoms with Crippen LogP contribution in [0.3, 0.4) is 0 Å². The molecule has 7 heteroatoms. The van der Waals surface area contributed by atoms with Crippen LogP contribution in [0.15, 0.2) is 12.4 Å². The molecule has 1 saturated heterocycles. The molecule has 1 aromatic rings. The molecule has 1 aliphatic carbocycles. The van der Waals surface area contributed by atoms with E-state index in [0.29, 0.717) is 11.6 Å². The first kappa shape index (κ1) is 12.9. The first-order valence-corrected chi connectivity index (χ1v) is 8.30. The zero-order chi connectivity index (χ0) is 13.3. The van der Waals surface area contributed by atoms with E-state index in [0.717, 1.165) is 45.4 Å². The molecular weight excluding hydrogens is 266 g/mol. The van der Waals surface area contributed by atoms with Crippen molar-refractivity contribution in [2.75, 3.05) is 17.9 Å². The fraction of sp³-hybridized carbons (Fsp3) is 0.750. The SMILES string of the molecule is O=S(=O)(Nc1cnn(CC2CCOCC2)c1)C1CC1. The quantitative estimate of drug-likeness (QED) is 0.882. The summed E-state index contributed by atoms with van der Waals surface area (Å²) in [5.74, 6) is 0.571. The zero-order valence-electron chi connectivity index (χ0n) is 10.8. The summed E-state index contributed by atoms with van der Waals surface area (Å²) >= 11 is 0. The molecule has 1 saturated carbocycles. The van der Waals surface area contributed by atoms with Crippen molar-refractivity contribution in [2.24, 2.45) is 5.92 Å². The Labute approximate surface area is 113 Å². The highest BCUT2D eigenvalue weighted by Gasteiger charge is 2.35. The van der Waals surface area contributed by atoms with Gasteiger partial charge in [-0.2, -0.15) is 5.10 Å². The third kappa shape index (κ3) is 3.27. The molecular formula is C12H19N3O3S. The maximum Gasteiger partial charge on any atom is 0.235 e. The van der Waals surface area contributed by atoms with Crippen molar-refractivity contribution in [3.05, 3.63) is 12.4 Å². The molecule has 2 aliphatic rings. The summed E-state index contributed by atoms with van der Waals surface area (Å²) in [5.41, 5.74) is 0.568. The second-order valence-electron chi connectivity index (χ2n) is 5.35. The Morgan fingerprint density at radius 2 is 2.05 bits per heavy atom. The molecule has 3 rings (SSSR count). The van der Waals surface area contributed by atoms with Crippen molar-refractivity contribution in [3.63, 3.8) is 0 Å². The van der Waals surface area contributed by atoms with Gasteiger partial charge < -0.3 is 4.74 Å². The van der Waals surface area contributed by atoms with E-state index in [1.807, 2.05) is 4.68 Å². The van der Waals surface area contributed by atoms with Gasteiger partial charge in [0.05, 0.1) is 17.1 Å². The van der Waals surface area contributed by atoms with Crippen molar-refractivity contribution in [3.8, 4) is 0 Å². The lowest BCUT2D eigenvalue weighted by atomic mass is 10.0. The molecule has 0 unspecified atom stereocenters. The highest BCUT2D eigenvalue weighted by Crippen LogP contribution is 2.29. The van der Waals surface area contributed by atoms with E-state index >= 15 is 0 Å². The molecule has 0 atom stereocenters. The summed E-state index contributed by atoms with van der Waals surface area (Å²) in [4.78, 5) is 0. The Morgan fingerprint density at radius 3 is 2.74 bits per heavy atom. The Hall–Kier alpha value is -1.08. The fourth-order valence-electron chi connectivity index (χ4n) is 2.34. The van der Waals surface area contributed by atoms with Crippen molar-refractivity contribution in [1.29, 1.82) is 0 Å². The largest absolute Gasteiger partial charge is 0.381 e. The average molecular weight is 285 g/mol. The monoisotopic (exact) mass is 285 g/mol. The maximum absolute atomic E-state index is 11.8. The van der Waals surface area contributed by atoms with Gasteiger partial charge in [-0.3, -0.25) is 9.40 Å². The molecule has 2 heterocycles. The van der Waals surface area contributed by atoms with E-state index < -0.39 is 10.0 Å². The van der Waals surface area contributed by atoms with Gasteiger partial charge in [-0.25, -0.2) is 8.42 Å². The van der Waals surface area contributed by atoms with Gasteiger partial charge >= 0.3 is 0 Å². The van der Waals surface area contributed by atoms with Crippen molar-refractivity contribution in [1.82, 2.24) is 9.78 Å². The van der Waals surface area contributed by atoms with Crippen LogP contribution >= 0.6 is 0 Å². The standard InChI is InChI=1S/C12H19N3O3S/c16-19(17,12-1-2-12)14-11-7-13-15(9-11)8-10-3-5-18-6-4-10/h7,9-10,12,14H,1-6,8H2. The lowest BCUT2D eigenvalue weighted by molar-refractivity contribution is 0.0601. The van der Waals surface area contributed by atoms with Gasteiger partial charge in [0.2, 0.25) is 10.0 Å². The molecule has 106 valence electrons. The van der Waals surface area contributed by atoms with Gasteiger partial charge in [-0.05, 0) is 31.6 Å². The molecule has 1 N–H and O–H groups in total. The van der Waals surface area contributed by atoms with Crippen molar-refractivity contribution < 1.29 is 13.2 Å². The summed E-state index contributed by atoms with van der Waals surface area (Å²) in [6.45, 7) is 2.45. The first-order chi connectivity index (χ1) is 9.13. The molecule has 0 aromatic carbocycles. The Bertz CT molecular complexity index is 530. The lowest BCUT2D eigenvalue weighted by Gasteiger charge is -2.21. The van der Waals surface area contributed by atoms with Crippen LogP contribution in [-0.2, 0) is 21.3 Å². The molecule has 0 radical (unpaired) electrons. The third-order valence-electron chi connectivity index (χ3n) is 3.64. The predicted octanol–water partition coefficient (Wildman–Crippen LogP) is 1.21. The topological polar surface area (TPSA) is 73.2 Å². The van der Waals surface area contributed by atoms with Gasteiger partial charge in [0.25, 0.3) is 0 Å². The van der Waals surface area contributed by atoms with Gasteiger partial charge in [-0.15, -0.1) is 0 Å². The Balaban J connectivity index is 1.59. The van der Waals surface area contributed by atoms with Gasteiger partial charge in [0.1, 0.15) is 0 Å². The number of hydrogen-bond acceptors (Lipinski definition) is 4. The minimum Gasteiger partial charge on any atom is -0.381 e. The smallest absolute Gasteiger partial charge is 0.235 e. The second kappa shape index (κ2) is 5.13. The first-order valence-electron chi connectivity index (χ1n) is 6.75. The van der Waals surface area contributed by atoms with Gasteiger partial charge in [0, 0.05) is 26.0 Å². The Morgan fingerprint density at radius 1 is 1.32 bits per heavy atom. The predicted molar refractivity (Wildman–Crippen MR) is 71.3 cm³/mol. The Kier molecular flexibility index (Phi) is 3.49. The van der Waals surface area contributed by atoms with Gasteiger partial charge in [-0.1, -0.05) is 0 Å².